The van der Waals surface area contributed by atoms with Crippen LogP contribution in [0.25, 0.3) is 0 Å². The number of nitrogens with two attached hydrogens (primary N) is 1. The average molecular weight is 240 g/mol. The first kappa shape index (κ1) is 13.6. The van der Waals surface area contributed by atoms with E-state index < -0.39 is 11.2 Å². The van der Waals surface area contributed by atoms with Crippen molar-refractivity contribution in [1.82, 2.24) is 4.98 Å². The lowest BCUT2D eigenvalue weighted by atomic mass is 9.75. The molecule has 0 amide bonds. The first-order chi connectivity index (χ1) is 7.90. The number of methoxy groups -OCH3 is 1. The number of nitrogens with zero attached hydrogens (tertiary/aromatic N) is 1. The van der Waals surface area contributed by atoms with Gasteiger partial charge < -0.3 is 10.5 Å². The molecule has 0 aliphatic carbocycles. The zero-order valence-corrected chi connectivity index (χ0v) is 10.2. The van der Waals surface area contributed by atoms with Crippen molar-refractivity contribution in [2.75, 3.05) is 7.11 Å². The van der Waals surface area contributed by atoms with Gasteiger partial charge in [-0.3, -0.25) is 9.78 Å². The zero-order valence-electron chi connectivity index (χ0n) is 10.2. The van der Waals surface area contributed by atoms with Crippen molar-refractivity contribution in [2.45, 2.75) is 31.7 Å². The van der Waals surface area contributed by atoms with E-state index in [9.17, 15) is 9.18 Å². The van der Waals surface area contributed by atoms with Gasteiger partial charge in [0.15, 0.2) is 0 Å². The molecule has 0 aromatic carbocycles. The maximum absolute atomic E-state index is 13.2. The van der Waals surface area contributed by atoms with Crippen molar-refractivity contribution in [3.05, 3.63) is 29.8 Å². The van der Waals surface area contributed by atoms with Crippen LogP contribution in [0, 0.1) is 5.82 Å². The topological polar surface area (TPSA) is 65.2 Å². The van der Waals surface area contributed by atoms with E-state index in [0.717, 1.165) is 6.20 Å². The minimum atomic E-state index is -0.692. The van der Waals surface area contributed by atoms with Crippen LogP contribution in [0.3, 0.4) is 0 Å². The number of ether oxygens (including phenoxy) is 1. The third-order valence-corrected chi connectivity index (χ3v) is 3.11. The second-order valence-corrected chi connectivity index (χ2v) is 4.35. The molecule has 1 heterocycles. The van der Waals surface area contributed by atoms with Crippen LogP contribution in [0.5, 0.6) is 0 Å². The molecule has 1 aromatic heterocycles. The summed E-state index contributed by atoms with van der Waals surface area (Å²) in [5, 5.41) is 0. The highest BCUT2D eigenvalue weighted by Gasteiger charge is 2.34. The van der Waals surface area contributed by atoms with Gasteiger partial charge in [0.05, 0.1) is 19.7 Å². The van der Waals surface area contributed by atoms with Crippen LogP contribution < -0.4 is 5.73 Å². The molecule has 0 spiro atoms. The Labute approximate surface area is 100.0 Å². The van der Waals surface area contributed by atoms with Gasteiger partial charge in [-0.25, -0.2) is 4.39 Å². The summed E-state index contributed by atoms with van der Waals surface area (Å²) in [5.74, 6) is -0.826. The molecule has 1 aromatic rings. The Balaban J connectivity index is 3.11. The van der Waals surface area contributed by atoms with Gasteiger partial charge in [0, 0.05) is 17.7 Å². The van der Waals surface area contributed by atoms with Gasteiger partial charge in [0.2, 0.25) is 0 Å². The molecule has 0 aliphatic heterocycles. The lowest BCUT2D eigenvalue weighted by Crippen LogP contribution is -2.43. The molecule has 0 radical (unpaired) electrons. The van der Waals surface area contributed by atoms with Crippen molar-refractivity contribution in [3.8, 4) is 0 Å². The van der Waals surface area contributed by atoms with Gasteiger partial charge in [-0.1, -0.05) is 6.92 Å². The number of halogens is 1. The third kappa shape index (κ3) is 3.00. The quantitative estimate of drug-likeness (QED) is 0.808. The molecule has 0 fully saturated rings. The Hall–Kier alpha value is -1.49. The number of carbonyl (C=O) groups is 1. The minimum absolute atomic E-state index is 0.0896. The molecule has 2 N–H and O–H groups in total. The predicted molar refractivity (Wildman–Crippen MR) is 61.8 cm³/mol. The Morgan fingerprint density at radius 1 is 1.65 bits per heavy atom. The van der Waals surface area contributed by atoms with Gasteiger partial charge in [-0.2, -0.15) is 0 Å². The van der Waals surface area contributed by atoms with E-state index in [1.54, 1.807) is 13.8 Å². The lowest BCUT2D eigenvalue weighted by Gasteiger charge is -2.32. The Morgan fingerprint density at radius 2 is 2.29 bits per heavy atom. The molecule has 94 valence electrons. The van der Waals surface area contributed by atoms with Crippen LogP contribution in [-0.4, -0.2) is 24.1 Å². The molecule has 17 heavy (non-hydrogen) atoms. The molecular formula is C12H17FN2O2. The summed E-state index contributed by atoms with van der Waals surface area (Å²) in [7, 11) is 1.31. The summed E-state index contributed by atoms with van der Waals surface area (Å²) in [6.45, 7) is 3.57. The molecular weight excluding hydrogens is 223 g/mol. The van der Waals surface area contributed by atoms with E-state index >= 15 is 0 Å². The average Bonchev–Trinajstić information content (AvgIpc) is 2.28. The van der Waals surface area contributed by atoms with E-state index in [1.807, 2.05) is 0 Å². The monoisotopic (exact) mass is 240 g/mol. The van der Waals surface area contributed by atoms with Crippen LogP contribution in [0.4, 0.5) is 4.39 Å². The normalized spacial score (nSPS) is 16.1. The van der Waals surface area contributed by atoms with Gasteiger partial charge >= 0.3 is 5.97 Å². The molecule has 2 atom stereocenters. The molecule has 0 saturated heterocycles. The fourth-order valence-corrected chi connectivity index (χ4v) is 1.62. The highest BCUT2D eigenvalue weighted by atomic mass is 19.1. The number of hydrogen-bond donors (Lipinski definition) is 1. The van der Waals surface area contributed by atoms with E-state index in [-0.39, 0.29) is 18.4 Å². The standard InChI is InChI=1S/C12H17FN2O2/c1-8(14)12(2,5-11(16)17-3)9-4-10(13)7-15-6-9/h4,6-8H,5,14H2,1-3H3. The summed E-state index contributed by atoms with van der Waals surface area (Å²) in [4.78, 5) is 15.2. The van der Waals surface area contributed by atoms with Crippen LogP contribution in [0.2, 0.25) is 0 Å². The number of rotatable bonds is 4. The minimum Gasteiger partial charge on any atom is -0.469 e. The van der Waals surface area contributed by atoms with Crippen molar-refractivity contribution >= 4 is 5.97 Å². The molecule has 0 saturated carbocycles. The summed E-state index contributed by atoms with van der Waals surface area (Å²) in [6, 6.07) is 1.02. The molecule has 1 rings (SSSR count). The third-order valence-electron chi connectivity index (χ3n) is 3.11. The van der Waals surface area contributed by atoms with Crippen molar-refractivity contribution in [3.63, 3.8) is 0 Å². The lowest BCUT2D eigenvalue weighted by molar-refractivity contribution is -0.142. The molecule has 0 bridgehead atoms. The Kier molecular flexibility index (Phi) is 4.17. The number of hydrogen-bond acceptors (Lipinski definition) is 4. The Bertz CT molecular complexity index is 409. The largest absolute Gasteiger partial charge is 0.469 e. The van der Waals surface area contributed by atoms with Crippen LogP contribution in [0.15, 0.2) is 18.5 Å². The van der Waals surface area contributed by atoms with Gasteiger partial charge in [0.1, 0.15) is 5.82 Å². The van der Waals surface area contributed by atoms with Gasteiger partial charge in [-0.05, 0) is 18.6 Å². The highest BCUT2D eigenvalue weighted by molar-refractivity contribution is 5.71. The molecule has 2 unspecified atom stereocenters. The zero-order chi connectivity index (χ0) is 13.1. The number of pyridine rings is 1. The summed E-state index contributed by atoms with van der Waals surface area (Å²) in [5.41, 5.74) is 5.80. The summed E-state index contributed by atoms with van der Waals surface area (Å²) < 4.78 is 17.8. The van der Waals surface area contributed by atoms with E-state index in [2.05, 4.69) is 9.72 Å². The van der Waals surface area contributed by atoms with Gasteiger partial charge in [0.25, 0.3) is 0 Å². The van der Waals surface area contributed by atoms with Crippen molar-refractivity contribution in [1.29, 1.82) is 0 Å². The van der Waals surface area contributed by atoms with Crippen molar-refractivity contribution < 1.29 is 13.9 Å². The van der Waals surface area contributed by atoms with Crippen molar-refractivity contribution in [2.24, 2.45) is 5.73 Å². The number of aromatic nitrogens is 1. The van der Waals surface area contributed by atoms with E-state index in [0.29, 0.717) is 5.56 Å². The van der Waals surface area contributed by atoms with E-state index in [1.165, 1.54) is 19.4 Å². The molecule has 0 aliphatic rings. The first-order valence-electron chi connectivity index (χ1n) is 5.33. The SMILES string of the molecule is COC(=O)CC(C)(c1cncc(F)c1)C(C)N. The smallest absolute Gasteiger partial charge is 0.306 e. The van der Waals surface area contributed by atoms with E-state index in [4.69, 9.17) is 5.73 Å². The maximum atomic E-state index is 13.2. The van der Waals surface area contributed by atoms with Crippen LogP contribution in [-0.2, 0) is 14.9 Å². The summed E-state index contributed by atoms with van der Waals surface area (Å²) >= 11 is 0. The molecule has 5 heteroatoms. The van der Waals surface area contributed by atoms with Gasteiger partial charge in [-0.15, -0.1) is 0 Å². The number of carbonyl (C=O) groups excluding carboxylic acids is 1. The van der Waals surface area contributed by atoms with Crippen LogP contribution >= 0.6 is 0 Å². The Morgan fingerprint density at radius 3 is 2.76 bits per heavy atom. The number of esters is 1. The van der Waals surface area contributed by atoms with Crippen LogP contribution in [0.1, 0.15) is 25.8 Å². The molecule has 4 nitrogen and oxygen atoms in total. The highest BCUT2D eigenvalue weighted by Crippen LogP contribution is 2.30. The second-order valence-electron chi connectivity index (χ2n) is 4.35. The first-order valence-corrected chi connectivity index (χ1v) is 5.33. The summed E-state index contributed by atoms with van der Waals surface area (Å²) in [6.07, 6.45) is 2.73. The fourth-order valence-electron chi connectivity index (χ4n) is 1.62. The predicted octanol–water partition coefficient (Wildman–Crippen LogP) is 1.39. The maximum Gasteiger partial charge on any atom is 0.306 e. The fraction of sp³-hybridized carbons (Fsp3) is 0.500. The second kappa shape index (κ2) is 5.23.